The number of urea groups is 1. The van der Waals surface area contributed by atoms with Gasteiger partial charge in [-0.3, -0.25) is 15.0 Å². The van der Waals surface area contributed by atoms with Crippen molar-refractivity contribution in [3.8, 4) is 0 Å². The highest BCUT2D eigenvalue weighted by Gasteiger charge is 2.31. The zero-order chi connectivity index (χ0) is 13.7. The zero-order valence-corrected chi connectivity index (χ0v) is 11.3. The minimum Gasteiger partial charge on any atom is -0.393 e. The van der Waals surface area contributed by atoms with E-state index in [0.717, 1.165) is 6.42 Å². The Morgan fingerprint density at radius 2 is 2.17 bits per heavy atom. The van der Waals surface area contributed by atoms with Crippen LogP contribution in [0.2, 0.25) is 0 Å². The summed E-state index contributed by atoms with van der Waals surface area (Å²) in [6, 6.07) is -0.847. The van der Waals surface area contributed by atoms with Gasteiger partial charge in [-0.15, -0.1) is 0 Å². The predicted molar refractivity (Wildman–Crippen MR) is 68.0 cm³/mol. The number of aliphatic hydroxyl groups is 1. The Labute approximate surface area is 108 Å². The summed E-state index contributed by atoms with van der Waals surface area (Å²) in [4.78, 5) is 24.9. The first-order valence-corrected chi connectivity index (χ1v) is 6.44. The Hall–Kier alpha value is -1.14. The second kappa shape index (κ2) is 6.70. The summed E-state index contributed by atoms with van der Waals surface area (Å²) in [5.74, 6) is -0.102. The number of carbonyl (C=O) groups excluding carboxylic acids is 2. The lowest BCUT2D eigenvalue weighted by Crippen LogP contribution is -2.53. The third-order valence-electron chi connectivity index (χ3n) is 3.64. The molecule has 1 saturated heterocycles. The number of rotatable bonds is 3. The van der Waals surface area contributed by atoms with E-state index in [1.807, 2.05) is 11.8 Å². The zero-order valence-electron chi connectivity index (χ0n) is 11.3. The van der Waals surface area contributed by atoms with Gasteiger partial charge < -0.3 is 10.4 Å². The second-order valence-electron chi connectivity index (χ2n) is 4.76. The molecule has 0 aromatic carbocycles. The molecule has 0 aromatic heterocycles. The van der Waals surface area contributed by atoms with E-state index in [0.29, 0.717) is 19.5 Å². The van der Waals surface area contributed by atoms with Crippen molar-refractivity contribution in [3.63, 3.8) is 0 Å². The summed E-state index contributed by atoms with van der Waals surface area (Å²) < 4.78 is 0. The highest BCUT2D eigenvalue weighted by atomic mass is 16.3. The number of likely N-dealkylation sites (tertiary alicyclic amines) is 1. The molecule has 6 heteroatoms. The number of amides is 3. The quantitative estimate of drug-likeness (QED) is 0.660. The van der Waals surface area contributed by atoms with Crippen LogP contribution in [-0.4, -0.2) is 54.2 Å². The number of piperidine rings is 1. The van der Waals surface area contributed by atoms with E-state index in [2.05, 4.69) is 10.6 Å². The van der Waals surface area contributed by atoms with Crippen molar-refractivity contribution in [2.45, 2.75) is 38.8 Å². The van der Waals surface area contributed by atoms with E-state index in [-0.39, 0.29) is 24.0 Å². The fraction of sp³-hybridized carbons (Fsp3) is 0.833. The minimum atomic E-state index is -0.490. The highest BCUT2D eigenvalue weighted by Crippen LogP contribution is 2.21. The van der Waals surface area contributed by atoms with E-state index in [1.54, 1.807) is 6.92 Å². The standard InChI is InChI=1S/C12H23N3O3/c1-4-9-7-15(6-5-10(9)16)8(2)11(17)14-12(18)13-3/h8-10,16H,4-7H2,1-3H3,(H2,13,14,17,18). The van der Waals surface area contributed by atoms with Gasteiger partial charge in [-0.25, -0.2) is 4.79 Å². The molecule has 3 amide bonds. The number of hydrogen-bond acceptors (Lipinski definition) is 4. The molecule has 1 fully saturated rings. The lowest BCUT2D eigenvalue weighted by atomic mass is 9.91. The maximum absolute atomic E-state index is 11.8. The highest BCUT2D eigenvalue weighted by molar-refractivity contribution is 5.96. The number of nitrogens with zero attached hydrogens (tertiary/aromatic N) is 1. The summed E-state index contributed by atoms with van der Waals surface area (Å²) >= 11 is 0. The third kappa shape index (κ3) is 3.68. The predicted octanol–water partition coefficient (Wildman–Crippen LogP) is -0.0767. The van der Waals surface area contributed by atoms with E-state index in [4.69, 9.17) is 0 Å². The van der Waals surface area contributed by atoms with Crippen molar-refractivity contribution in [1.82, 2.24) is 15.5 Å². The van der Waals surface area contributed by atoms with Crippen molar-refractivity contribution >= 4 is 11.9 Å². The average molecular weight is 257 g/mol. The largest absolute Gasteiger partial charge is 0.393 e. The first kappa shape index (κ1) is 14.9. The smallest absolute Gasteiger partial charge is 0.321 e. The molecule has 1 rings (SSSR count). The fourth-order valence-corrected chi connectivity index (χ4v) is 2.25. The van der Waals surface area contributed by atoms with Gasteiger partial charge in [-0.1, -0.05) is 6.92 Å². The van der Waals surface area contributed by atoms with Gasteiger partial charge in [0.2, 0.25) is 5.91 Å². The Balaban J connectivity index is 2.53. The molecule has 0 aromatic rings. The number of carbonyl (C=O) groups is 2. The molecule has 1 heterocycles. The number of hydrogen-bond donors (Lipinski definition) is 3. The third-order valence-corrected chi connectivity index (χ3v) is 3.64. The Bertz CT molecular complexity index is 309. The van der Waals surface area contributed by atoms with Crippen molar-refractivity contribution < 1.29 is 14.7 Å². The molecule has 1 aliphatic rings. The Morgan fingerprint density at radius 1 is 1.50 bits per heavy atom. The Kier molecular flexibility index (Phi) is 5.55. The summed E-state index contributed by atoms with van der Waals surface area (Å²) in [5, 5.41) is 14.4. The fourth-order valence-electron chi connectivity index (χ4n) is 2.25. The van der Waals surface area contributed by atoms with Crippen LogP contribution in [-0.2, 0) is 4.79 Å². The maximum atomic E-state index is 11.8. The molecule has 0 spiro atoms. The molecule has 0 saturated carbocycles. The molecule has 0 radical (unpaired) electrons. The van der Waals surface area contributed by atoms with Gasteiger partial charge in [0.15, 0.2) is 0 Å². The van der Waals surface area contributed by atoms with E-state index in [9.17, 15) is 14.7 Å². The van der Waals surface area contributed by atoms with Crippen LogP contribution < -0.4 is 10.6 Å². The van der Waals surface area contributed by atoms with E-state index in [1.165, 1.54) is 7.05 Å². The second-order valence-corrected chi connectivity index (χ2v) is 4.76. The van der Waals surface area contributed by atoms with Crippen LogP contribution in [0.25, 0.3) is 0 Å². The Morgan fingerprint density at radius 3 is 2.72 bits per heavy atom. The molecular formula is C12H23N3O3. The van der Waals surface area contributed by atoms with Crippen LogP contribution in [0.1, 0.15) is 26.7 Å². The van der Waals surface area contributed by atoms with Gasteiger partial charge in [-0.2, -0.15) is 0 Å². The monoisotopic (exact) mass is 257 g/mol. The van der Waals surface area contributed by atoms with Crippen LogP contribution >= 0.6 is 0 Å². The van der Waals surface area contributed by atoms with E-state index < -0.39 is 6.03 Å². The molecule has 0 aliphatic carbocycles. The van der Waals surface area contributed by atoms with Crippen LogP contribution in [0, 0.1) is 5.92 Å². The summed E-state index contributed by atoms with van der Waals surface area (Å²) in [6.07, 6.45) is 1.29. The van der Waals surface area contributed by atoms with Crippen molar-refractivity contribution in [2.24, 2.45) is 5.92 Å². The first-order valence-electron chi connectivity index (χ1n) is 6.44. The molecule has 3 N–H and O–H groups in total. The SMILES string of the molecule is CCC1CN(C(C)C(=O)NC(=O)NC)CCC1O. The number of nitrogens with one attached hydrogen (secondary N) is 2. The summed E-state index contributed by atoms with van der Waals surface area (Å²) in [5.41, 5.74) is 0. The molecule has 3 atom stereocenters. The van der Waals surface area contributed by atoms with Crippen molar-refractivity contribution in [3.05, 3.63) is 0 Å². The molecule has 0 bridgehead atoms. The normalized spacial score (nSPS) is 26.4. The minimum absolute atomic E-state index is 0.203. The molecule has 104 valence electrons. The summed E-state index contributed by atoms with van der Waals surface area (Å²) in [7, 11) is 1.47. The number of aliphatic hydroxyl groups excluding tert-OH is 1. The molecule has 6 nitrogen and oxygen atoms in total. The molecule has 3 unspecified atom stereocenters. The summed E-state index contributed by atoms with van der Waals surface area (Å²) in [6.45, 7) is 5.19. The molecule has 18 heavy (non-hydrogen) atoms. The van der Waals surface area contributed by atoms with Gasteiger partial charge in [0.1, 0.15) is 0 Å². The number of imide groups is 1. The van der Waals surface area contributed by atoms with Gasteiger partial charge in [-0.05, 0) is 25.7 Å². The van der Waals surface area contributed by atoms with Crippen LogP contribution in [0.5, 0.6) is 0 Å². The van der Waals surface area contributed by atoms with Crippen LogP contribution in [0.15, 0.2) is 0 Å². The van der Waals surface area contributed by atoms with Gasteiger partial charge in [0.25, 0.3) is 0 Å². The van der Waals surface area contributed by atoms with Gasteiger partial charge in [0, 0.05) is 20.1 Å². The topological polar surface area (TPSA) is 81.7 Å². The van der Waals surface area contributed by atoms with Gasteiger partial charge >= 0.3 is 6.03 Å². The molecular weight excluding hydrogens is 234 g/mol. The average Bonchev–Trinajstić information content (AvgIpc) is 2.38. The lowest BCUT2D eigenvalue weighted by Gasteiger charge is -2.38. The van der Waals surface area contributed by atoms with Crippen molar-refractivity contribution in [1.29, 1.82) is 0 Å². The van der Waals surface area contributed by atoms with Crippen molar-refractivity contribution in [2.75, 3.05) is 20.1 Å². The van der Waals surface area contributed by atoms with E-state index >= 15 is 0 Å². The van der Waals surface area contributed by atoms with Crippen LogP contribution in [0.4, 0.5) is 4.79 Å². The molecule has 1 aliphatic heterocycles. The maximum Gasteiger partial charge on any atom is 0.321 e. The first-order chi connectivity index (χ1) is 8.49. The van der Waals surface area contributed by atoms with Gasteiger partial charge in [0.05, 0.1) is 12.1 Å². The lowest BCUT2D eigenvalue weighted by molar-refractivity contribution is -0.126. The van der Waals surface area contributed by atoms with Crippen LogP contribution in [0.3, 0.4) is 0 Å².